The number of aliphatic hydroxyl groups excluding tert-OH is 1. The minimum Gasteiger partial charge on any atom is -0.396 e. The molecular formula is C15H24N2O2. The summed E-state index contributed by atoms with van der Waals surface area (Å²) in [7, 11) is 0. The molecule has 0 aliphatic rings. The smallest absolute Gasteiger partial charge is 0.319 e. The average molecular weight is 264 g/mol. The van der Waals surface area contributed by atoms with Crippen molar-refractivity contribution in [1.29, 1.82) is 0 Å². The van der Waals surface area contributed by atoms with Gasteiger partial charge in [0.2, 0.25) is 0 Å². The molecular weight excluding hydrogens is 240 g/mol. The number of aliphatic hydroxyl groups is 1. The number of hydrogen-bond donors (Lipinski definition) is 3. The standard InChI is InChI=1S/C15H24N2O2/c1-11-5-6-13(12(2)9-11)17-14(19)16-10-15(3,4)7-8-18/h5-6,9,18H,7-8,10H2,1-4H3,(H2,16,17,19). The third-order valence-electron chi connectivity index (χ3n) is 3.15. The number of urea groups is 1. The van der Waals surface area contributed by atoms with E-state index in [1.807, 2.05) is 45.9 Å². The molecule has 0 bridgehead atoms. The molecule has 0 unspecified atom stereocenters. The van der Waals surface area contributed by atoms with Crippen LogP contribution in [0.2, 0.25) is 0 Å². The Bertz CT molecular complexity index is 442. The number of aryl methyl sites for hydroxylation is 2. The van der Waals surface area contributed by atoms with Gasteiger partial charge in [-0.15, -0.1) is 0 Å². The number of benzene rings is 1. The van der Waals surface area contributed by atoms with E-state index in [9.17, 15) is 4.79 Å². The van der Waals surface area contributed by atoms with Gasteiger partial charge in [-0.05, 0) is 37.3 Å². The molecule has 0 aromatic heterocycles. The van der Waals surface area contributed by atoms with Crippen molar-refractivity contribution in [2.24, 2.45) is 5.41 Å². The van der Waals surface area contributed by atoms with Crippen LogP contribution in [-0.4, -0.2) is 24.3 Å². The molecule has 0 aliphatic heterocycles. The maximum Gasteiger partial charge on any atom is 0.319 e. The first kappa shape index (κ1) is 15.5. The van der Waals surface area contributed by atoms with Crippen molar-refractivity contribution in [3.8, 4) is 0 Å². The van der Waals surface area contributed by atoms with Gasteiger partial charge in [-0.1, -0.05) is 31.5 Å². The van der Waals surface area contributed by atoms with E-state index in [2.05, 4.69) is 10.6 Å². The van der Waals surface area contributed by atoms with Gasteiger partial charge in [0.25, 0.3) is 0 Å². The number of carbonyl (C=O) groups excluding carboxylic acids is 1. The number of amides is 2. The highest BCUT2D eigenvalue weighted by molar-refractivity contribution is 5.90. The van der Waals surface area contributed by atoms with Crippen LogP contribution in [0.25, 0.3) is 0 Å². The minimum absolute atomic E-state index is 0.103. The van der Waals surface area contributed by atoms with E-state index in [0.717, 1.165) is 11.3 Å². The van der Waals surface area contributed by atoms with Crippen molar-refractivity contribution < 1.29 is 9.90 Å². The second-order valence-electron chi connectivity index (χ2n) is 5.76. The normalized spacial score (nSPS) is 11.2. The summed E-state index contributed by atoms with van der Waals surface area (Å²) in [5.74, 6) is 0. The topological polar surface area (TPSA) is 61.4 Å². The Morgan fingerprint density at radius 3 is 2.58 bits per heavy atom. The lowest BCUT2D eigenvalue weighted by Gasteiger charge is -2.24. The van der Waals surface area contributed by atoms with E-state index in [-0.39, 0.29) is 18.1 Å². The van der Waals surface area contributed by atoms with E-state index in [4.69, 9.17) is 5.11 Å². The van der Waals surface area contributed by atoms with E-state index in [0.29, 0.717) is 13.0 Å². The lowest BCUT2D eigenvalue weighted by molar-refractivity contribution is 0.204. The van der Waals surface area contributed by atoms with Crippen LogP contribution in [0.3, 0.4) is 0 Å². The maximum absolute atomic E-state index is 11.8. The van der Waals surface area contributed by atoms with Crippen LogP contribution in [0.5, 0.6) is 0 Å². The van der Waals surface area contributed by atoms with E-state index >= 15 is 0 Å². The lowest BCUT2D eigenvalue weighted by Crippen LogP contribution is -2.37. The van der Waals surface area contributed by atoms with Crippen LogP contribution in [0.1, 0.15) is 31.4 Å². The fourth-order valence-corrected chi connectivity index (χ4v) is 1.83. The number of hydrogen-bond acceptors (Lipinski definition) is 2. The summed E-state index contributed by atoms with van der Waals surface area (Å²) in [5, 5.41) is 14.6. The van der Waals surface area contributed by atoms with Gasteiger partial charge < -0.3 is 15.7 Å². The molecule has 19 heavy (non-hydrogen) atoms. The van der Waals surface area contributed by atoms with Crippen LogP contribution < -0.4 is 10.6 Å². The third-order valence-corrected chi connectivity index (χ3v) is 3.15. The zero-order valence-corrected chi connectivity index (χ0v) is 12.2. The predicted molar refractivity (Wildman–Crippen MR) is 78.4 cm³/mol. The fourth-order valence-electron chi connectivity index (χ4n) is 1.83. The molecule has 0 heterocycles. The Morgan fingerprint density at radius 2 is 2.00 bits per heavy atom. The van der Waals surface area contributed by atoms with Crippen molar-refractivity contribution >= 4 is 11.7 Å². The molecule has 0 atom stereocenters. The molecule has 1 aromatic rings. The first-order valence-corrected chi connectivity index (χ1v) is 6.57. The highest BCUT2D eigenvalue weighted by Gasteiger charge is 2.18. The first-order valence-electron chi connectivity index (χ1n) is 6.57. The Morgan fingerprint density at radius 1 is 1.32 bits per heavy atom. The molecule has 0 radical (unpaired) electrons. The molecule has 2 amide bonds. The number of carbonyl (C=O) groups is 1. The molecule has 0 saturated carbocycles. The van der Waals surface area contributed by atoms with E-state index < -0.39 is 0 Å². The lowest BCUT2D eigenvalue weighted by atomic mass is 9.90. The van der Waals surface area contributed by atoms with Crippen molar-refractivity contribution in [2.75, 3.05) is 18.5 Å². The molecule has 0 fully saturated rings. The van der Waals surface area contributed by atoms with Crippen LogP contribution in [0.4, 0.5) is 10.5 Å². The van der Waals surface area contributed by atoms with Gasteiger partial charge in [0.05, 0.1) is 0 Å². The van der Waals surface area contributed by atoms with Gasteiger partial charge in [-0.25, -0.2) is 4.79 Å². The molecule has 4 heteroatoms. The van der Waals surface area contributed by atoms with E-state index in [1.165, 1.54) is 5.56 Å². The fraction of sp³-hybridized carbons (Fsp3) is 0.533. The Hall–Kier alpha value is -1.55. The van der Waals surface area contributed by atoms with Crippen molar-refractivity contribution in [3.63, 3.8) is 0 Å². The Balaban J connectivity index is 2.52. The van der Waals surface area contributed by atoms with Gasteiger partial charge in [0.15, 0.2) is 0 Å². The second-order valence-corrected chi connectivity index (χ2v) is 5.76. The van der Waals surface area contributed by atoms with Crippen molar-refractivity contribution in [3.05, 3.63) is 29.3 Å². The van der Waals surface area contributed by atoms with Crippen LogP contribution in [0.15, 0.2) is 18.2 Å². The molecule has 0 saturated heterocycles. The summed E-state index contributed by atoms with van der Waals surface area (Å²) < 4.78 is 0. The van der Waals surface area contributed by atoms with Crippen molar-refractivity contribution in [1.82, 2.24) is 5.32 Å². The Labute approximate surface area is 115 Å². The number of rotatable bonds is 5. The Kier molecular flexibility index (Phi) is 5.36. The summed E-state index contributed by atoms with van der Waals surface area (Å²) >= 11 is 0. The third kappa shape index (κ3) is 5.30. The maximum atomic E-state index is 11.8. The largest absolute Gasteiger partial charge is 0.396 e. The van der Waals surface area contributed by atoms with Crippen LogP contribution in [0, 0.1) is 19.3 Å². The van der Waals surface area contributed by atoms with Crippen molar-refractivity contribution in [2.45, 2.75) is 34.1 Å². The number of nitrogens with one attached hydrogen (secondary N) is 2. The molecule has 1 aromatic carbocycles. The SMILES string of the molecule is Cc1ccc(NC(=O)NCC(C)(C)CCO)c(C)c1. The number of anilines is 1. The van der Waals surface area contributed by atoms with Gasteiger partial charge in [0, 0.05) is 18.8 Å². The van der Waals surface area contributed by atoms with Gasteiger partial charge in [-0.2, -0.15) is 0 Å². The van der Waals surface area contributed by atoms with Gasteiger partial charge >= 0.3 is 6.03 Å². The highest BCUT2D eigenvalue weighted by atomic mass is 16.3. The summed E-state index contributed by atoms with van der Waals surface area (Å²) in [5.41, 5.74) is 2.94. The first-order chi connectivity index (χ1) is 8.84. The second kappa shape index (κ2) is 6.57. The molecule has 3 N–H and O–H groups in total. The van der Waals surface area contributed by atoms with Crippen LogP contribution >= 0.6 is 0 Å². The minimum atomic E-state index is -0.210. The molecule has 4 nitrogen and oxygen atoms in total. The van der Waals surface area contributed by atoms with E-state index in [1.54, 1.807) is 0 Å². The molecule has 0 aliphatic carbocycles. The molecule has 1 rings (SSSR count). The quantitative estimate of drug-likeness (QED) is 0.766. The molecule has 106 valence electrons. The summed E-state index contributed by atoms with van der Waals surface area (Å²) in [4.78, 5) is 11.8. The average Bonchev–Trinajstić information content (AvgIpc) is 2.30. The summed E-state index contributed by atoms with van der Waals surface area (Å²) in [6, 6.07) is 5.70. The predicted octanol–water partition coefficient (Wildman–Crippen LogP) is 2.83. The monoisotopic (exact) mass is 264 g/mol. The zero-order valence-electron chi connectivity index (χ0n) is 12.2. The highest BCUT2D eigenvalue weighted by Crippen LogP contribution is 2.19. The van der Waals surface area contributed by atoms with Gasteiger partial charge in [-0.3, -0.25) is 0 Å². The summed E-state index contributed by atoms with van der Waals surface area (Å²) in [6.07, 6.45) is 0.664. The van der Waals surface area contributed by atoms with Gasteiger partial charge in [0.1, 0.15) is 0 Å². The zero-order chi connectivity index (χ0) is 14.5. The summed E-state index contributed by atoms with van der Waals surface area (Å²) in [6.45, 7) is 8.69. The molecule has 0 spiro atoms. The van der Waals surface area contributed by atoms with Crippen LogP contribution in [-0.2, 0) is 0 Å².